The van der Waals surface area contributed by atoms with E-state index in [0.29, 0.717) is 18.9 Å². The van der Waals surface area contributed by atoms with E-state index in [2.05, 4.69) is 10.3 Å². The average Bonchev–Trinajstić information content (AvgIpc) is 2.73. The second kappa shape index (κ2) is 11.9. The molecule has 3 rings (SSSR count). The SMILES string of the molecule is Cc1cccc(NC(=O)C2CCCN(C(=O)C(C)C(N)c3ccccc3)C2)n1.Cl.Cl. The van der Waals surface area contributed by atoms with Crippen LogP contribution in [0.3, 0.4) is 0 Å². The number of pyridine rings is 1. The summed E-state index contributed by atoms with van der Waals surface area (Å²) in [5, 5.41) is 2.88. The third kappa shape index (κ3) is 6.42. The van der Waals surface area contributed by atoms with Gasteiger partial charge in [0.15, 0.2) is 0 Å². The van der Waals surface area contributed by atoms with Crippen molar-refractivity contribution in [2.75, 3.05) is 18.4 Å². The molecule has 8 heteroatoms. The Kier molecular flexibility index (Phi) is 10.3. The smallest absolute Gasteiger partial charge is 0.230 e. The molecule has 3 atom stereocenters. The zero-order valence-electron chi connectivity index (χ0n) is 17.3. The zero-order valence-corrected chi connectivity index (χ0v) is 18.9. The number of hydrogen-bond acceptors (Lipinski definition) is 4. The van der Waals surface area contributed by atoms with Gasteiger partial charge in [-0.15, -0.1) is 24.8 Å². The Hall–Kier alpha value is -2.15. The van der Waals surface area contributed by atoms with Crippen LogP contribution in [0, 0.1) is 18.8 Å². The van der Waals surface area contributed by atoms with Gasteiger partial charge in [0, 0.05) is 24.8 Å². The van der Waals surface area contributed by atoms with Crippen molar-refractivity contribution in [3.63, 3.8) is 0 Å². The third-order valence-electron chi connectivity index (χ3n) is 5.36. The molecule has 1 aromatic carbocycles. The maximum absolute atomic E-state index is 13.0. The molecule has 2 aromatic rings. The Labute approximate surface area is 190 Å². The van der Waals surface area contributed by atoms with Crippen molar-refractivity contribution >= 4 is 42.4 Å². The molecule has 0 bridgehead atoms. The molecule has 0 spiro atoms. The number of nitrogens with zero attached hydrogens (tertiary/aromatic N) is 2. The zero-order chi connectivity index (χ0) is 20.1. The molecule has 0 saturated carbocycles. The van der Waals surface area contributed by atoms with Gasteiger partial charge in [-0.25, -0.2) is 4.98 Å². The quantitative estimate of drug-likeness (QED) is 0.722. The van der Waals surface area contributed by atoms with Gasteiger partial charge in [-0.2, -0.15) is 0 Å². The third-order valence-corrected chi connectivity index (χ3v) is 5.36. The van der Waals surface area contributed by atoms with E-state index in [0.717, 1.165) is 24.1 Å². The van der Waals surface area contributed by atoms with Crippen LogP contribution in [-0.2, 0) is 9.59 Å². The second-order valence-electron chi connectivity index (χ2n) is 7.50. The summed E-state index contributed by atoms with van der Waals surface area (Å²) < 4.78 is 0. The monoisotopic (exact) mass is 452 g/mol. The Bertz CT molecular complexity index is 835. The number of halogens is 2. The van der Waals surface area contributed by atoms with Gasteiger partial charge in [0.25, 0.3) is 0 Å². The molecule has 164 valence electrons. The minimum atomic E-state index is -0.362. The van der Waals surface area contributed by atoms with Gasteiger partial charge in [-0.1, -0.05) is 43.3 Å². The van der Waals surface area contributed by atoms with E-state index in [1.54, 1.807) is 11.0 Å². The van der Waals surface area contributed by atoms with E-state index in [1.807, 2.05) is 56.3 Å². The van der Waals surface area contributed by atoms with Crippen LogP contribution >= 0.6 is 24.8 Å². The molecule has 1 fully saturated rings. The number of carbonyl (C=O) groups excluding carboxylic acids is 2. The number of anilines is 1. The first-order valence-corrected chi connectivity index (χ1v) is 9.79. The number of amides is 2. The predicted octanol–water partition coefficient (Wildman–Crippen LogP) is 3.75. The Morgan fingerprint density at radius 1 is 1.13 bits per heavy atom. The van der Waals surface area contributed by atoms with Crippen LogP contribution in [0.15, 0.2) is 48.5 Å². The van der Waals surface area contributed by atoms with E-state index >= 15 is 0 Å². The Morgan fingerprint density at radius 3 is 2.50 bits per heavy atom. The first-order chi connectivity index (χ1) is 13.5. The van der Waals surface area contributed by atoms with Crippen molar-refractivity contribution < 1.29 is 9.59 Å². The molecule has 0 aliphatic carbocycles. The van der Waals surface area contributed by atoms with Crippen LogP contribution in [0.5, 0.6) is 0 Å². The molecule has 2 amide bonds. The fourth-order valence-corrected chi connectivity index (χ4v) is 3.64. The lowest BCUT2D eigenvalue weighted by Crippen LogP contribution is -2.47. The Balaban J connectivity index is 0.00000225. The molecule has 2 heterocycles. The lowest BCUT2D eigenvalue weighted by molar-refractivity contribution is -0.138. The highest BCUT2D eigenvalue weighted by Gasteiger charge is 2.32. The van der Waals surface area contributed by atoms with Gasteiger partial charge in [0.05, 0.1) is 11.8 Å². The number of aryl methyl sites for hydroxylation is 1. The summed E-state index contributed by atoms with van der Waals surface area (Å²) in [4.78, 5) is 31.7. The number of nitrogens with one attached hydrogen (secondary N) is 1. The van der Waals surface area contributed by atoms with Gasteiger partial charge in [0.1, 0.15) is 5.82 Å². The van der Waals surface area contributed by atoms with E-state index < -0.39 is 0 Å². The van der Waals surface area contributed by atoms with Gasteiger partial charge in [0.2, 0.25) is 11.8 Å². The number of rotatable bonds is 5. The van der Waals surface area contributed by atoms with Crippen LogP contribution in [0.1, 0.15) is 37.1 Å². The maximum atomic E-state index is 13.0. The summed E-state index contributed by atoms with van der Waals surface area (Å²) in [6, 6.07) is 14.8. The largest absolute Gasteiger partial charge is 0.342 e. The summed E-state index contributed by atoms with van der Waals surface area (Å²) in [6.45, 7) is 4.83. The topological polar surface area (TPSA) is 88.3 Å². The fourth-order valence-electron chi connectivity index (χ4n) is 3.64. The van der Waals surface area contributed by atoms with Crippen molar-refractivity contribution in [3.8, 4) is 0 Å². The average molecular weight is 453 g/mol. The van der Waals surface area contributed by atoms with Crippen molar-refractivity contribution in [3.05, 3.63) is 59.8 Å². The standard InChI is InChI=1S/C22H28N4O2.2ClH/c1-15-8-6-12-19(24-15)25-21(27)18-11-7-13-26(14-18)22(28)16(2)20(23)17-9-4-3-5-10-17;;/h3-6,8-10,12,16,18,20H,7,11,13-14,23H2,1-2H3,(H,24,25,27);2*1H. The van der Waals surface area contributed by atoms with E-state index in [-0.39, 0.29) is 54.5 Å². The highest BCUT2D eigenvalue weighted by atomic mass is 35.5. The second-order valence-corrected chi connectivity index (χ2v) is 7.50. The lowest BCUT2D eigenvalue weighted by Gasteiger charge is -2.35. The van der Waals surface area contributed by atoms with Crippen molar-refractivity contribution in [1.82, 2.24) is 9.88 Å². The first kappa shape index (κ1) is 25.9. The molecule has 1 saturated heterocycles. The molecule has 3 N–H and O–H groups in total. The highest BCUT2D eigenvalue weighted by Crippen LogP contribution is 2.25. The van der Waals surface area contributed by atoms with E-state index in [9.17, 15) is 9.59 Å². The highest BCUT2D eigenvalue weighted by molar-refractivity contribution is 5.92. The molecule has 1 aromatic heterocycles. The fraction of sp³-hybridized carbons (Fsp3) is 0.409. The van der Waals surface area contributed by atoms with Crippen molar-refractivity contribution in [2.24, 2.45) is 17.6 Å². The number of piperidine rings is 1. The minimum absolute atomic E-state index is 0. The number of benzene rings is 1. The van der Waals surface area contributed by atoms with Crippen LogP contribution in [0.4, 0.5) is 5.82 Å². The van der Waals surface area contributed by atoms with Crippen LogP contribution in [-0.4, -0.2) is 34.8 Å². The maximum Gasteiger partial charge on any atom is 0.230 e. The molecule has 1 aliphatic heterocycles. The summed E-state index contributed by atoms with van der Waals surface area (Å²) in [7, 11) is 0. The summed E-state index contributed by atoms with van der Waals surface area (Å²) in [6.07, 6.45) is 1.57. The molecule has 6 nitrogen and oxygen atoms in total. The van der Waals surface area contributed by atoms with E-state index in [1.165, 1.54) is 0 Å². The molecule has 1 aliphatic rings. The van der Waals surface area contributed by atoms with Gasteiger partial charge >= 0.3 is 0 Å². The number of nitrogens with two attached hydrogens (primary N) is 1. The van der Waals surface area contributed by atoms with Crippen molar-refractivity contribution in [2.45, 2.75) is 32.7 Å². The van der Waals surface area contributed by atoms with Crippen LogP contribution < -0.4 is 11.1 Å². The summed E-state index contributed by atoms with van der Waals surface area (Å²) in [5.74, 6) is -0.117. The van der Waals surface area contributed by atoms with E-state index in [4.69, 9.17) is 5.73 Å². The number of likely N-dealkylation sites (tertiary alicyclic amines) is 1. The van der Waals surface area contributed by atoms with Gasteiger partial charge in [-0.3, -0.25) is 9.59 Å². The molecule has 30 heavy (non-hydrogen) atoms. The number of carbonyl (C=O) groups is 2. The molecule has 3 unspecified atom stereocenters. The summed E-state index contributed by atoms with van der Waals surface area (Å²) in [5.41, 5.74) is 8.12. The van der Waals surface area contributed by atoms with Gasteiger partial charge in [-0.05, 0) is 37.5 Å². The molecular formula is C22H30Cl2N4O2. The first-order valence-electron chi connectivity index (χ1n) is 9.79. The van der Waals surface area contributed by atoms with Crippen LogP contribution in [0.25, 0.3) is 0 Å². The van der Waals surface area contributed by atoms with Gasteiger partial charge < -0.3 is 16.0 Å². The molecular weight excluding hydrogens is 423 g/mol. The summed E-state index contributed by atoms with van der Waals surface area (Å²) >= 11 is 0. The minimum Gasteiger partial charge on any atom is -0.342 e. The number of hydrogen-bond donors (Lipinski definition) is 2. The van der Waals surface area contributed by atoms with Crippen molar-refractivity contribution in [1.29, 1.82) is 0 Å². The number of aromatic nitrogens is 1. The molecule has 0 radical (unpaired) electrons. The van der Waals surface area contributed by atoms with Crippen LogP contribution in [0.2, 0.25) is 0 Å². The predicted molar refractivity (Wildman–Crippen MR) is 124 cm³/mol. The normalized spacial score (nSPS) is 17.7. The Morgan fingerprint density at radius 2 is 1.83 bits per heavy atom. The lowest BCUT2D eigenvalue weighted by atomic mass is 9.91.